The van der Waals surface area contributed by atoms with E-state index in [1.807, 2.05) is 0 Å². The van der Waals surface area contributed by atoms with Crippen LogP contribution < -0.4 is 11.1 Å². The second kappa shape index (κ2) is 5.17. The van der Waals surface area contributed by atoms with E-state index in [1.54, 1.807) is 0 Å². The number of amides is 1. The molecule has 0 aromatic carbocycles. The van der Waals surface area contributed by atoms with Gasteiger partial charge in [0, 0.05) is 6.04 Å². The number of nitrogens with one attached hydrogen (secondary N) is 1. The molecule has 2 aliphatic carbocycles. The van der Waals surface area contributed by atoms with E-state index in [-0.39, 0.29) is 11.9 Å². The van der Waals surface area contributed by atoms with Gasteiger partial charge in [0.25, 0.3) is 0 Å². The molecule has 3 nitrogen and oxygen atoms in total. The van der Waals surface area contributed by atoms with E-state index in [4.69, 9.17) is 5.73 Å². The number of hydrogen-bond acceptors (Lipinski definition) is 2. The Kier molecular flexibility index (Phi) is 3.85. The van der Waals surface area contributed by atoms with Crippen molar-refractivity contribution in [3.05, 3.63) is 0 Å². The van der Waals surface area contributed by atoms with Crippen molar-refractivity contribution in [3.63, 3.8) is 0 Å². The maximum absolute atomic E-state index is 11.9. The Balaban J connectivity index is 1.75. The standard InChI is InChI=1S/C13H24N2O/c1-2-3-4-11(14)13(16)15-12(9-5-6-9)10-7-8-10/h9-12H,2-8,14H2,1H3,(H,15,16)/t11-/m0/s1. The fraction of sp³-hybridized carbons (Fsp3) is 0.923. The lowest BCUT2D eigenvalue weighted by Crippen LogP contribution is -2.47. The van der Waals surface area contributed by atoms with Crippen molar-refractivity contribution >= 4 is 5.91 Å². The van der Waals surface area contributed by atoms with Gasteiger partial charge >= 0.3 is 0 Å². The third-order valence-corrected chi connectivity index (χ3v) is 3.77. The van der Waals surface area contributed by atoms with Crippen LogP contribution in [0.15, 0.2) is 0 Å². The highest BCUT2D eigenvalue weighted by atomic mass is 16.2. The third-order valence-electron chi connectivity index (χ3n) is 3.77. The van der Waals surface area contributed by atoms with Crippen molar-refractivity contribution in [1.82, 2.24) is 5.32 Å². The summed E-state index contributed by atoms with van der Waals surface area (Å²) in [6.07, 6.45) is 8.17. The van der Waals surface area contributed by atoms with Gasteiger partial charge in [0.1, 0.15) is 0 Å². The first-order chi connectivity index (χ1) is 7.72. The molecule has 16 heavy (non-hydrogen) atoms. The predicted molar refractivity (Wildman–Crippen MR) is 64.9 cm³/mol. The summed E-state index contributed by atoms with van der Waals surface area (Å²) < 4.78 is 0. The summed E-state index contributed by atoms with van der Waals surface area (Å²) in [5.74, 6) is 1.60. The fourth-order valence-corrected chi connectivity index (χ4v) is 2.36. The van der Waals surface area contributed by atoms with Gasteiger partial charge in [-0.25, -0.2) is 0 Å². The highest BCUT2D eigenvalue weighted by Gasteiger charge is 2.42. The quantitative estimate of drug-likeness (QED) is 0.693. The molecule has 1 amide bonds. The highest BCUT2D eigenvalue weighted by Crippen LogP contribution is 2.44. The minimum absolute atomic E-state index is 0.0808. The Hall–Kier alpha value is -0.570. The van der Waals surface area contributed by atoms with E-state index < -0.39 is 0 Å². The van der Waals surface area contributed by atoms with Gasteiger partial charge in [0.2, 0.25) is 5.91 Å². The molecule has 0 radical (unpaired) electrons. The topological polar surface area (TPSA) is 55.1 Å². The molecule has 3 N–H and O–H groups in total. The van der Waals surface area contributed by atoms with E-state index in [2.05, 4.69) is 12.2 Å². The van der Waals surface area contributed by atoms with Crippen LogP contribution in [-0.4, -0.2) is 18.0 Å². The van der Waals surface area contributed by atoms with Gasteiger partial charge in [-0.05, 0) is 43.9 Å². The molecule has 0 aliphatic heterocycles. The van der Waals surface area contributed by atoms with E-state index in [0.717, 1.165) is 31.1 Å². The predicted octanol–water partition coefficient (Wildman–Crippen LogP) is 1.81. The van der Waals surface area contributed by atoms with Crippen LogP contribution in [-0.2, 0) is 4.79 Å². The van der Waals surface area contributed by atoms with Crippen LogP contribution in [0.3, 0.4) is 0 Å². The molecule has 2 rings (SSSR count). The van der Waals surface area contributed by atoms with E-state index in [1.165, 1.54) is 25.7 Å². The molecule has 92 valence electrons. The molecule has 0 aromatic rings. The Bertz CT molecular complexity index is 234. The number of unbranched alkanes of at least 4 members (excludes halogenated alkanes) is 1. The van der Waals surface area contributed by atoms with E-state index in [0.29, 0.717) is 6.04 Å². The van der Waals surface area contributed by atoms with E-state index in [9.17, 15) is 4.79 Å². The van der Waals surface area contributed by atoms with Gasteiger partial charge in [-0.3, -0.25) is 4.79 Å². The largest absolute Gasteiger partial charge is 0.351 e. The average molecular weight is 224 g/mol. The molecular weight excluding hydrogens is 200 g/mol. The van der Waals surface area contributed by atoms with Crippen molar-refractivity contribution < 1.29 is 4.79 Å². The van der Waals surface area contributed by atoms with Crippen LogP contribution in [0, 0.1) is 11.8 Å². The Morgan fingerprint density at radius 2 is 1.88 bits per heavy atom. The molecule has 0 bridgehead atoms. The molecule has 3 heteroatoms. The number of carbonyl (C=O) groups excluding carboxylic acids is 1. The van der Waals surface area contributed by atoms with Crippen molar-refractivity contribution in [2.45, 2.75) is 64.0 Å². The molecule has 0 saturated heterocycles. The van der Waals surface area contributed by atoms with Crippen LogP contribution in [0.25, 0.3) is 0 Å². The highest BCUT2D eigenvalue weighted by molar-refractivity contribution is 5.81. The van der Waals surface area contributed by atoms with Crippen LogP contribution in [0.1, 0.15) is 51.9 Å². The normalized spacial score (nSPS) is 22.2. The summed E-state index contributed by atoms with van der Waals surface area (Å²) in [6.45, 7) is 2.13. The SMILES string of the molecule is CCCC[C@H](N)C(=O)NC(C1CC1)C1CC1. The summed E-state index contributed by atoms with van der Waals surface area (Å²) in [7, 11) is 0. The molecular formula is C13H24N2O. The number of rotatable bonds is 7. The van der Waals surface area contributed by atoms with E-state index >= 15 is 0 Å². The summed E-state index contributed by atoms with van der Waals surface area (Å²) in [5, 5.41) is 3.19. The van der Waals surface area contributed by atoms with Gasteiger partial charge in [0.05, 0.1) is 6.04 Å². The van der Waals surface area contributed by atoms with Gasteiger partial charge in [-0.2, -0.15) is 0 Å². The lowest BCUT2D eigenvalue weighted by atomic mass is 10.1. The summed E-state index contributed by atoms with van der Waals surface area (Å²) in [4.78, 5) is 11.9. The Morgan fingerprint density at radius 3 is 2.31 bits per heavy atom. The van der Waals surface area contributed by atoms with Crippen molar-refractivity contribution in [3.8, 4) is 0 Å². The van der Waals surface area contributed by atoms with Gasteiger partial charge < -0.3 is 11.1 Å². The zero-order valence-corrected chi connectivity index (χ0v) is 10.2. The van der Waals surface area contributed by atoms with Crippen molar-refractivity contribution in [1.29, 1.82) is 0 Å². The maximum Gasteiger partial charge on any atom is 0.237 e. The molecule has 0 heterocycles. The van der Waals surface area contributed by atoms with Crippen LogP contribution in [0.5, 0.6) is 0 Å². The first-order valence-corrected chi connectivity index (χ1v) is 6.78. The summed E-state index contributed by atoms with van der Waals surface area (Å²) in [5.41, 5.74) is 5.88. The lowest BCUT2D eigenvalue weighted by molar-refractivity contribution is -0.123. The minimum Gasteiger partial charge on any atom is -0.351 e. The van der Waals surface area contributed by atoms with Crippen LogP contribution in [0.2, 0.25) is 0 Å². The second-order valence-corrected chi connectivity index (χ2v) is 5.46. The first-order valence-electron chi connectivity index (χ1n) is 6.78. The monoisotopic (exact) mass is 224 g/mol. The maximum atomic E-state index is 11.9. The fourth-order valence-electron chi connectivity index (χ4n) is 2.36. The van der Waals surface area contributed by atoms with Gasteiger partial charge in [0.15, 0.2) is 0 Å². The van der Waals surface area contributed by atoms with Crippen molar-refractivity contribution in [2.24, 2.45) is 17.6 Å². The first kappa shape index (κ1) is 11.9. The molecule has 0 spiro atoms. The van der Waals surface area contributed by atoms with Crippen LogP contribution in [0.4, 0.5) is 0 Å². The third kappa shape index (κ3) is 3.21. The van der Waals surface area contributed by atoms with Crippen molar-refractivity contribution in [2.75, 3.05) is 0 Å². The summed E-state index contributed by atoms with van der Waals surface area (Å²) in [6, 6.07) is 0.153. The molecule has 1 atom stereocenters. The number of hydrogen-bond donors (Lipinski definition) is 2. The zero-order valence-electron chi connectivity index (χ0n) is 10.2. The molecule has 2 saturated carbocycles. The average Bonchev–Trinajstić information content (AvgIpc) is 3.15. The minimum atomic E-state index is -0.292. The Labute approximate surface area is 98.2 Å². The molecule has 2 fully saturated rings. The second-order valence-electron chi connectivity index (χ2n) is 5.46. The van der Waals surface area contributed by atoms with Gasteiger partial charge in [-0.15, -0.1) is 0 Å². The molecule has 0 aromatic heterocycles. The lowest BCUT2D eigenvalue weighted by Gasteiger charge is -2.20. The molecule has 2 aliphatic rings. The summed E-state index contributed by atoms with van der Waals surface area (Å²) >= 11 is 0. The number of nitrogens with two attached hydrogens (primary N) is 1. The van der Waals surface area contributed by atoms with Gasteiger partial charge in [-0.1, -0.05) is 19.8 Å². The number of carbonyl (C=O) groups is 1. The molecule has 0 unspecified atom stereocenters. The smallest absolute Gasteiger partial charge is 0.237 e. The van der Waals surface area contributed by atoms with Crippen LogP contribution >= 0.6 is 0 Å². The Morgan fingerprint density at radius 1 is 1.31 bits per heavy atom. The zero-order chi connectivity index (χ0) is 11.5.